The van der Waals surface area contributed by atoms with Crippen LogP contribution in [-0.4, -0.2) is 51.6 Å². The van der Waals surface area contributed by atoms with E-state index in [1.54, 1.807) is 60.7 Å². The molecule has 0 unspecified atom stereocenters. The van der Waals surface area contributed by atoms with Gasteiger partial charge in [0.15, 0.2) is 0 Å². The number of nitrogens with zero attached hydrogens (tertiary/aromatic N) is 2. The van der Waals surface area contributed by atoms with Crippen LogP contribution in [0.25, 0.3) is 0 Å². The summed E-state index contributed by atoms with van der Waals surface area (Å²) >= 11 is 3.49. The van der Waals surface area contributed by atoms with Crippen molar-refractivity contribution in [3.63, 3.8) is 0 Å². The first kappa shape index (κ1) is 35.0. The summed E-state index contributed by atoms with van der Waals surface area (Å²) in [4.78, 5) is 30.3. The first-order valence-corrected chi connectivity index (χ1v) is 19.7. The maximum atomic E-state index is 17.9. The van der Waals surface area contributed by atoms with Gasteiger partial charge in [-0.25, -0.2) is 0 Å². The molecular weight excluding hydrogens is 724 g/mol. The summed E-state index contributed by atoms with van der Waals surface area (Å²) in [6.45, 7) is 6.72. The van der Waals surface area contributed by atoms with Crippen LogP contribution >= 0.6 is 11.8 Å². The van der Waals surface area contributed by atoms with Crippen LogP contribution in [0.15, 0.2) is 132 Å². The molecule has 3 atom stereocenters. The Kier molecular flexibility index (Phi) is 9.85. The summed E-state index contributed by atoms with van der Waals surface area (Å²) in [5.41, 5.74) is -2.40. The van der Waals surface area contributed by atoms with Crippen LogP contribution in [-0.2, 0) is 13.9 Å². The van der Waals surface area contributed by atoms with E-state index < -0.39 is 46.2 Å². The van der Waals surface area contributed by atoms with Gasteiger partial charge in [0.25, 0.3) is 0 Å². The van der Waals surface area contributed by atoms with Crippen molar-refractivity contribution in [2.24, 2.45) is 0 Å². The molecule has 2 heterocycles. The van der Waals surface area contributed by atoms with Crippen LogP contribution < -0.4 is 21.4 Å². The zero-order chi connectivity index (χ0) is 34.9. The minimum atomic E-state index is -2.96. The molecule has 0 saturated carbocycles. The summed E-state index contributed by atoms with van der Waals surface area (Å²) in [7, 11) is -2.96. The predicted molar refractivity (Wildman–Crippen MR) is 197 cm³/mol. The van der Waals surface area contributed by atoms with E-state index >= 15 is 8.78 Å². The molecule has 5 aromatic rings. The average Bonchev–Trinajstić information content (AvgIpc) is 3.38. The van der Waals surface area contributed by atoms with Crippen molar-refractivity contribution < 1.29 is 18.0 Å². The Morgan fingerprint density at radius 3 is 1.98 bits per heavy atom. The second-order valence-electron chi connectivity index (χ2n) is 13.1. The van der Waals surface area contributed by atoms with Gasteiger partial charge in [-0.1, -0.05) is 0 Å². The van der Waals surface area contributed by atoms with Crippen molar-refractivity contribution >= 4 is 58.2 Å². The number of hydrogen-bond donors (Lipinski definition) is 1. The zero-order valence-electron chi connectivity index (χ0n) is 27.3. The molecule has 252 valence electrons. The van der Waals surface area contributed by atoms with E-state index in [2.05, 4.69) is 71.4 Å². The van der Waals surface area contributed by atoms with E-state index in [1.165, 1.54) is 11.8 Å². The first-order chi connectivity index (χ1) is 23.4. The third-order valence-electron chi connectivity index (χ3n) is 8.97. The summed E-state index contributed by atoms with van der Waals surface area (Å²) in [6.07, 6.45) is 0.930. The molecule has 1 aliphatic heterocycles. The molecule has 1 aliphatic rings. The van der Waals surface area contributed by atoms with Crippen molar-refractivity contribution in [3.8, 4) is 0 Å². The summed E-state index contributed by atoms with van der Waals surface area (Å²) < 4.78 is 40.1. The molecular formula is C38H37F2N3O3SSeSi. The number of carbonyl (C=O) groups is 1. The molecule has 0 bridgehead atoms. The summed E-state index contributed by atoms with van der Waals surface area (Å²) in [6, 6.07) is 37.2. The zero-order valence-corrected chi connectivity index (χ0v) is 31.0. The van der Waals surface area contributed by atoms with Crippen LogP contribution in [0, 0.1) is 5.82 Å². The second-order valence-corrected chi connectivity index (χ2v) is 20.9. The maximum absolute atomic E-state index is 17.9. The number of nitrogens with one attached hydrogen (secondary N) is 1. The fraction of sp³-hybridized carbons (Fsp3) is 0.237. The van der Waals surface area contributed by atoms with Crippen LogP contribution in [0.1, 0.15) is 43.1 Å². The number of aromatic nitrogens is 2. The Hall–Kier alpha value is -3.86. The number of carbonyl (C=O) groups excluding carboxylic acids is 1. The number of benzene rings is 4. The molecule has 0 spiro atoms. The Morgan fingerprint density at radius 2 is 1.45 bits per heavy atom. The number of anilines is 1. The average molecular weight is 761 g/mol. The third kappa shape index (κ3) is 6.46. The third-order valence-corrected chi connectivity index (χ3v) is 17.3. The van der Waals surface area contributed by atoms with E-state index in [4.69, 9.17) is 4.43 Å². The molecule has 0 radical (unpaired) electrons. The molecule has 11 heteroatoms. The Bertz CT molecular complexity index is 1950. The quantitative estimate of drug-likeness (QED) is 0.184. The SMILES string of the molecule is CC(C)(C)[Si](OC[C@H]1C[C@](F)(c2ccccc2)[C@]([SeH])(n2cc(F)c(NC(=O)c3ccccc3)nc2=O)S1)(c1ccccc1)c1ccccc1. The monoisotopic (exact) mass is 761 g/mol. The van der Waals surface area contributed by atoms with Crippen molar-refractivity contribution in [1.82, 2.24) is 9.55 Å². The van der Waals surface area contributed by atoms with Gasteiger partial charge in [0.2, 0.25) is 0 Å². The molecule has 1 fully saturated rings. The number of thioether (sulfide) groups is 1. The Morgan fingerprint density at radius 1 is 0.939 bits per heavy atom. The molecule has 49 heavy (non-hydrogen) atoms. The van der Waals surface area contributed by atoms with Gasteiger partial charge in [0.1, 0.15) is 0 Å². The van der Waals surface area contributed by atoms with Crippen LogP contribution in [0.3, 0.4) is 0 Å². The molecule has 0 aliphatic carbocycles. The van der Waals surface area contributed by atoms with Crippen LogP contribution in [0.5, 0.6) is 0 Å². The summed E-state index contributed by atoms with van der Waals surface area (Å²) in [5.74, 6) is -2.10. The molecule has 1 aromatic heterocycles. The number of hydrogen-bond acceptors (Lipinski definition) is 5. The molecule has 6 rings (SSSR count). The molecule has 1 saturated heterocycles. The predicted octanol–water partition coefficient (Wildman–Crippen LogP) is 6.09. The van der Waals surface area contributed by atoms with Crippen LogP contribution in [0.4, 0.5) is 14.6 Å². The molecule has 6 nitrogen and oxygen atoms in total. The van der Waals surface area contributed by atoms with Gasteiger partial charge in [-0.15, -0.1) is 0 Å². The van der Waals surface area contributed by atoms with E-state index in [0.717, 1.165) is 21.1 Å². The molecule has 4 aromatic carbocycles. The van der Waals surface area contributed by atoms with Gasteiger partial charge in [-0.2, -0.15) is 0 Å². The van der Waals surface area contributed by atoms with Crippen molar-refractivity contribution in [3.05, 3.63) is 155 Å². The minimum absolute atomic E-state index is 0.00478. The van der Waals surface area contributed by atoms with Gasteiger partial charge in [0, 0.05) is 0 Å². The van der Waals surface area contributed by atoms with E-state index in [0.29, 0.717) is 5.56 Å². The number of halogens is 2. The first-order valence-electron chi connectivity index (χ1n) is 15.9. The van der Waals surface area contributed by atoms with E-state index in [1.807, 2.05) is 36.4 Å². The Labute approximate surface area is 298 Å². The number of rotatable bonds is 9. The van der Waals surface area contributed by atoms with Gasteiger partial charge >= 0.3 is 300 Å². The van der Waals surface area contributed by atoms with Gasteiger partial charge in [0.05, 0.1) is 0 Å². The number of alkyl halides is 1. The standard InChI is InChI=1S/C38H37F2N3O3SSeSi/c1-36(2,3)49(30-20-12-6-13-21-30,31-22-14-7-15-23-31)46-26-29-24-37(40,28-18-10-5-11-19-28)38(48,47-29)43-25-32(39)33(42-35(43)45)41-34(44)27-16-8-4-9-17-27/h4-23,25,29,48H,24,26H2,1-3H3,(H,41,42,44,45)/t29-,37+,38+/m1/s1. The topological polar surface area (TPSA) is 73.2 Å². The Balaban J connectivity index is 1.38. The van der Waals surface area contributed by atoms with Gasteiger partial charge < -0.3 is 0 Å². The van der Waals surface area contributed by atoms with Gasteiger partial charge in [-0.3, -0.25) is 0 Å². The number of amides is 1. The van der Waals surface area contributed by atoms with Crippen molar-refractivity contribution in [1.29, 1.82) is 0 Å². The normalized spacial score (nSPS) is 21.0. The van der Waals surface area contributed by atoms with Gasteiger partial charge in [-0.05, 0) is 0 Å². The van der Waals surface area contributed by atoms with Crippen molar-refractivity contribution in [2.75, 3.05) is 11.9 Å². The molecule has 1 N–H and O–H groups in total. The van der Waals surface area contributed by atoms with E-state index in [9.17, 15) is 9.59 Å². The van der Waals surface area contributed by atoms with E-state index in [-0.39, 0.29) is 23.6 Å². The fourth-order valence-corrected chi connectivity index (χ4v) is 14.6. The second kappa shape index (κ2) is 13.8. The summed E-state index contributed by atoms with van der Waals surface area (Å²) in [5, 5.41) is 3.85. The molecule has 1 amide bonds. The van der Waals surface area contributed by atoms with Crippen LogP contribution in [0.2, 0.25) is 5.04 Å². The fourth-order valence-electron chi connectivity index (χ4n) is 6.65. The van der Waals surface area contributed by atoms with Crippen molar-refractivity contribution in [2.45, 2.75) is 46.9 Å².